The van der Waals surface area contributed by atoms with E-state index in [1.807, 2.05) is 24.3 Å². The van der Waals surface area contributed by atoms with Gasteiger partial charge in [0.15, 0.2) is 0 Å². The van der Waals surface area contributed by atoms with Gasteiger partial charge in [-0.25, -0.2) is 4.79 Å². The van der Waals surface area contributed by atoms with Crippen molar-refractivity contribution in [2.75, 3.05) is 26.2 Å². The van der Waals surface area contributed by atoms with Crippen LogP contribution in [0.15, 0.2) is 30.5 Å². The number of amides is 8. The molecule has 1 aromatic heterocycles. The number of aliphatic hydroxyl groups is 1. The molecule has 1 aromatic carbocycles. The quantitative estimate of drug-likeness (QED) is 0.0387. The van der Waals surface area contributed by atoms with E-state index in [2.05, 4.69) is 42.2 Å². The number of nitrogens with zero attached hydrogens (tertiary/aromatic N) is 1. The molecule has 2 heterocycles. The highest BCUT2D eigenvalue weighted by Crippen LogP contribution is 2.23. The topological polar surface area (TPSA) is 387 Å². The highest BCUT2D eigenvalue weighted by molar-refractivity contribution is 5.98. The number of carbonyl (C=O) groups excluding carboxylic acids is 8. The maximum absolute atomic E-state index is 14.1. The van der Waals surface area contributed by atoms with Crippen molar-refractivity contribution in [1.29, 1.82) is 0 Å². The Morgan fingerprint density at radius 2 is 1.40 bits per heavy atom. The van der Waals surface area contributed by atoms with Gasteiger partial charge in [0.2, 0.25) is 47.3 Å². The third-order valence-electron chi connectivity index (χ3n) is 11.7. The maximum Gasteiger partial charge on any atom is 0.326 e. The molecule has 24 heteroatoms. The number of rotatable bonds is 29. The Morgan fingerprint density at radius 1 is 0.757 bits per heavy atom. The number of nitrogens with one attached hydrogen (secondary N) is 8. The number of hydrogen-bond acceptors (Lipinski definition) is 13. The van der Waals surface area contributed by atoms with Gasteiger partial charge in [-0.05, 0) is 81.9 Å². The zero-order chi connectivity index (χ0) is 52.2. The first kappa shape index (κ1) is 57.7. The van der Waals surface area contributed by atoms with Crippen LogP contribution in [-0.2, 0) is 54.4 Å². The minimum Gasteiger partial charge on any atom is -0.481 e. The number of carboxylic acids is 2. The summed E-state index contributed by atoms with van der Waals surface area (Å²) in [5.41, 5.74) is 12.8. The number of carbonyl (C=O) groups is 10. The molecule has 2 aromatic rings. The lowest BCUT2D eigenvalue weighted by atomic mass is 10.0. The van der Waals surface area contributed by atoms with Crippen molar-refractivity contribution < 1.29 is 63.3 Å². The monoisotopic (exact) mass is 986 g/mol. The van der Waals surface area contributed by atoms with E-state index < -0.39 is 134 Å². The fourth-order valence-corrected chi connectivity index (χ4v) is 7.81. The number of likely N-dealkylation sites (tertiary alicyclic amines) is 1. The molecule has 3 rings (SSSR count). The standard InChI is InChI=1S/C46H71N11O13/c1-24(2)19-32(42(65)52-30(13-8-9-17-47)41(64)55-34(23-58)43(66)53-31(46(69)70)15-16-37(60)61)51-36(59)22-50-40(63)33(20-27-21-49-29-12-7-6-11-28(27)29)54-44(67)35-14-10-18-57(35)45(68)38(25(3)4)56-39(62)26(5)48/h6-7,11-12,21,24-26,30-35,38,49,58H,8-10,13-20,22-23,47-48H2,1-5H3,(H,50,63)(H,51,59)(H,52,65)(H,53,66)(H,54,67)(H,55,64)(H,56,62)(H,60,61)(H,69,70)/t26-,30-,31-,32-,33-,34-,35-,38-/m0/s1. The van der Waals surface area contributed by atoms with E-state index in [4.69, 9.17) is 16.6 Å². The molecule has 1 aliphatic rings. The highest BCUT2D eigenvalue weighted by Gasteiger charge is 2.40. The molecule has 8 atom stereocenters. The summed E-state index contributed by atoms with van der Waals surface area (Å²) in [7, 11) is 0. The second kappa shape index (κ2) is 28.1. The molecule has 1 fully saturated rings. The van der Waals surface area contributed by atoms with Gasteiger partial charge in [0.1, 0.15) is 42.3 Å². The minimum atomic E-state index is -1.69. The second-order valence-corrected chi connectivity index (χ2v) is 18.2. The number of aliphatic carboxylic acids is 2. The number of nitrogens with two attached hydrogens (primary N) is 2. The molecule has 15 N–H and O–H groups in total. The van der Waals surface area contributed by atoms with Crippen LogP contribution in [0.5, 0.6) is 0 Å². The average molecular weight is 986 g/mol. The zero-order valence-corrected chi connectivity index (χ0v) is 40.4. The van der Waals surface area contributed by atoms with E-state index in [0.717, 1.165) is 10.9 Å². The predicted octanol–water partition coefficient (Wildman–Crippen LogP) is -2.15. The summed E-state index contributed by atoms with van der Waals surface area (Å²) in [6, 6.07) is -2.69. The number of aromatic amines is 1. The van der Waals surface area contributed by atoms with Crippen LogP contribution in [0.25, 0.3) is 10.9 Å². The van der Waals surface area contributed by atoms with Gasteiger partial charge in [0.25, 0.3) is 0 Å². The van der Waals surface area contributed by atoms with Crippen LogP contribution in [-0.4, -0.2) is 159 Å². The van der Waals surface area contributed by atoms with Crippen LogP contribution in [0.3, 0.4) is 0 Å². The molecule has 0 unspecified atom stereocenters. The molecule has 1 saturated heterocycles. The Hall–Kier alpha value is -6.66. The number of carboxylic acid groups (broad SMARTS) is 2. The van der Waals surface area contributed by atoms with Gasteiger partial charge in [-0.15, -0.1) is 0 Å². The fraction of sp³-hybridized carbons (Fsp3) is 0.609. The van der Waals surface area contributed by atoms with Crippen molar-refractivity contribution in [2.45, 2.75) is 141 Å². The summed E-state index contributed by atoms with van der Waals surface area (Å²) in [5.74, 6) is -9.41. The number of H-pyrrole nitrogens is 1. The van der Waals surface area contributed by atoms with E-state index >= 15 is 0 Å². The molecule has 0 aliphatic carbocycles. The van der Waals surface area contributed by atoms with E-state index in [-0.39, 0.29) is 50.6 Å². The van der Waals surface area contributed by atoms with E-state index in [0.29, 0.717) is 24.8 Å². The van der Waals surface area contributed by atoms with Gasteiger partial charge < -0.3 is 73.9 Å². The number of hydrogen-bond donors (Lipinski definition) is 13. The lowest BCUT2D eigenvalue weighted by Gasteiger charge is -2.31. The van der Waals surface area contributed by atoms with Gasteiger partial charge >= 0.3 is 11.9 Å². The van der Waals surface area contributed by atoms with Crippen LogP contribution in [0.2, 0.25) is 0 Å². The van der Waals surface area contributed by atoms with Crippen LogP contribution in [0, 0.1) is 11.8 Å². The van der Waals surface area contributed by atoms with Crippen LogP contribution >= 0.6 is 0 Å². The van der Waals surface area contributed by atoms with Crippen molar-refractivity contribution in [2.24, 2.45) is 23.3 Å². The number of aliphatic hydroxyl groups excluding tert-OH is 1. The summed E-state index contributed by atoms with van der Waals surface area (Å²) in [4.78, 5) is 135. The lowest BCUT2D eigenvalue weighted by Crippen LogP contribution is -2.59. The largest absolute Gasteiger partial charge is 0.481 e. The first-order valence-corrected chi connectivity index (χ1v) is 23.5. The molecule has 0 spiro atoms. The van der Waals surface area contributed by atoms with Gasteiger partial charge in [-0.1, -0.05) is 45.9 Å². The summed E-state index contributed by atoms with van der Waals surface area (Å²) in [5, 5.41) is 46.7. The molecule has 0 radical (unpaired) electrons. The van der Waals surface area contributed by atoms with Crippen LogP contribution in [0.1, 0.15) is 91.5 Å². The van der Waals surface area contributed by atoms with Gasteiger partial charge in [0.05, 0.1) is 19.2 Å². The van der Waals surface area contributed by atoms with Crippen LogP contribution in [0.4, 0.5) is 0 Å². The molecule has 0 saturated carbocycles. The number of aromatic nitrogens is 1. The molecule has 388 valence electrons. The van der Waals surface area contributed by atoms with E-state index in [9.17, 15) is 58.2 Å². The Morgan fingerprint density at radius 3 is 2.01 bits per heavy atom. The minimum absolute atomic E-state index is 0.00204. The number of unbranched alkanes of at least 4 members (excludes halogenated alkanes) is 1. The van der Waals surface area contributed by atoms with Gasteiger partial charge in [0, 0.05) is 36.5 Å². The van der Waals surface area contributed by atoms with Crippen molar-refractivity contribution in [1.82, 2.24) is 47.1 Å². The smallest absolute Gasteiger partial charge is 0.326 e. The molecule has 8 amide bonds. The first-order valence-electron chi connectivity index (χ1n) is 23.5. The predicted molar refractivity (Wildman–Crippen MR) is 254 cm³/mol. The molecule has 70 heavy (non-hydrogen) atoms. The summed E-state index contributed by atoms with van der Waals surface area (Å²) < 4.78 is 0. The third kappa shape index (κ3) is 17.7. The second-order valence-electron chi connectivity index (χ2n) is 18.2. The van der Waals surface area contributed by atoms with Gasteiger partial charge in [-0.2, -0.15) is 0 Å². The molecule has 1 aliphatic heterocycles. The Labute approximate surface area is 405 Å². The van der Waals surface area contributed by atoms with Crippen molar-refractivity contribution in [3.63, 3.8) is 0 Å². The Bertz CT molecular complexity index is 2160. The molecular formula is C46H71N11O13. The molecule has 0 bridgehead atoms. The normalized spacial score (nSPS) is 16.5. The first-order chi connectivity index (χ1) is 33.1. The summed E-state index contributed by atoms with van der Waals surface area (Å²) >= 11 is 0. The molecular weight excluding hydrogens is 915 g/mol. The van der Waals surface area contributed by atoms with Crippen LogP contribution < -0.4 is 48.7 Å². The fourth-order valence-electron chi connectivity index (χ4n) is 7.81. The van der Waals surface area contributed by atoms with E-state index in [1.54, 1.807) is 33.9 Å². The summed E-state index contributed by atoms with van der Waals surface area (Å²) in [6.45, 7) is 7.39. The maximum atomic E-state index is 14.1. The van der Waals surface area contributed by atoms with E-state index in [1.165, 1.54) is 11.8 Å². The number of benzene rings is 1. The lowest BCUT2D eigenvalue weighted by molar-refractivity contribution is -0.143. The number of para-hydroxylation sites is 1. The van der Waals surface area contributed by atoms with Crippen molar-refractivity contribution >= 4 is 70.1 Å². The average Bonchev–Trinajstić information content (AvgIpc) is 3.97. The van der Waals surface area contributed by atoms with Gasteiger partial charge in [-0.3, -0.25) is 43.2 Å². The molecule has 24 nitrogen and oxygen atoms in total. The van der Waals surface area contributed by atoms with Crippen molar-refractivity contribution in [3.8, 4) is 0 Å². The summed E-state index contributed by atoms with van der Waals surface area (Å²) in [6.07, 6.45) is 2.19. The highest BCUT2D eigenvalue weighted by atomic mass is 16.4. The Balaban J connectivity index is 1.78. The number of fused-ring (bicyclic) bond motifs is 1. The third-order valence-corrected chi connectivity index (χ3v) is 11.7. The SMILES string of the molecule is CC(C)C[C@H](NC(=O)CNC(=O)[C@H](Cc1c[nH]c2ccccc12)NC(=O)[C@@H]1CCCN1C(=O)[C@@H](NC(=O)[C@H](C)N)C(C)C)C(=O)N[C@@H](CCCCN)C(=O)N[C@@H](CO)C(=O)N[C@@H](CCC(=O)O)C(=O)O. The van der Waals surface area contributed by atoms with Crippen molar-refractivity contribution in [3.05, 3.63) is 36.0 Å². The Kier molecular flexibility index (Phi) is 23.2. The zero-order valence-electron chi connectivity index (χ0n) is 40.4.